The van der Waals surface area contributed by atoms with Crippen LogP contribution in [0.2, 0.25) is 0 Å². The van der Waals surface area contributed by atoms with E-state index < -0.39 is 14.6 Å². The topological polar surface area (TPSA) is 110 Å². The third-order valence-corrected chi connectivity index (χ3v) is 4.69. The highest BCUT2D eigenvalue weighted by molar-refractivity contribution is 8.13. The van der Waals surface area contributed by atoms with E-state index in [2.05, 4.69) is 20.3 Å². The number of aromatic nitrogens is 3. The minimum atomic E-state index is -3.82. The average Bonchev–Trinajstić information content (AvgIpc) is 2.87. The van der Waals surface area contributed by atoms with Crippen LogP contribution in [0.1, 0.15) is 5.69 Å². The maximum Gasteiger partial charge on any atom is 0.299 e. The molecule has 0 aliphatic rings. The summed E-state index contributed by atoms with van der Waals surface area (Å²) in [6.07, 6.45) is 1.57. The average molecular weight is 378 g/mol. The van der Waals surface area contributed by atoms with Crippen LogP contribution >= 0.6 is 10.7 Å². The molecule has 1 aromatic carbocycles. The number of H-pyrrole nitrogens is 1. The van der Waals surface area contributed by atoms with Gasteiger partial charge in [-0.3, -0.25) is 9.89 Å². The molecule has 0 bridgehead atoms. The fourth-order valence-corrected chi connectivity index (χ4v) is 2.88. The van der Waals surface area contributed by atoms with Crippen molar-refractivity contribution >= 4 is 31.2 Å². The van der Waals surface area contributed by atoms with Gasteiger partial charge in [-0.15, -0.1) is 10.2 Å². The summed E-state index contributed by atoms with van der Waals surface area (Å²) < 4.78 is 23.8. The molecule has 0 radical (unpaired) electrons. The van der Waals surface area contributed by atoms with Crippen LogP contribution in [0.15, 0.2) is 68.6 Å². The second-order valence-electron chi connectivity index (χ2n) is 5.05. The minimum absolute atomic E-state index is 0.0516. The van der Waals surface area contributed by atoms with E-state index in [4.69, 9.17) is 10.7 Å². The van der Waals surface area contributed by atoms with Crippen molar-refractivity contribution in [3.8, 4) is 5.69 Å². The number of azo groups is 1. The van der Waals surface area contributed by atoms with Crippen molar-refractivity contribution in [2.75, 3.05) is 0 Å². The molecule has 0 aliphatic carbocycles. The van der Waals surface area contributed by atoms with Crippen molar-refractivity contribution in [2.24, 2.45) is 10.2 Å². The summed E-state index contributed by atoms with van der Waals surface area (Å²) in [5.74, 6) is 0.380. The number of aromatic amines is 1. The van der Waals surface area contributed by atoms with Crippen molar-refractivity contribution in [2.45, 2.75) is 11.8 Å². The van der Waals surface area contributed by atoms with Crippen LogP contribution < -0.4 is 5.56 Å². The predicted octanol–water partition coefficient (Wildman–Crippen LogP) is 3.21. The summed E-state index contributed by atoms with van der Waals surface area (Å²) in [5, 5.41) is 10.8. The van der Waals surface area contributed by atoms with E-state index in [1.54, 1.807) is 31.3 Å². The summed E-state index contributed by atoms with van der Waals surface area (Å²) in [6.45, 7) is 1.68. The van der Waals surface area contributed by atoms with Gasteiger partial charge in [0.2, 0.25) is 0 Å². The molecular formula is C15H12ClN5O3S. The SMILES string of the molecule is Cc1[nH]n(-c2ccc(S(=O)(=O)Cl)cc2)c(=O)c1N=Nc1ccccn1. The van der Waals surface area contributed by atoms with E-state index in [1.165, 1.54) is 28.9 Å². The molecule has 0 unspecified atom stereocenters. The lowest BCUT2D eigenvalue weighted by molar-refractivity contribution is 0.609. The molecule has 0 saturated heterocycles. The molecule has 0 amide bonds. The van der Waals surface area contributed by atoms with Crippen LogP contribution in [-0.4, -0.2) is 23.2 Å². The Balaban J connectivity index is 1.97. The largest absolute Gasteiger partial charge is 0.299 e. The molecule has 0 saturated carbocycles. The van der Waals surface area contributed by atoms with Gasteiger partial charge in [0.15, 0.2) is 11.5 Å². The third-order valence-electron chi connectivity index (χ3n) is 3.32. The molecule has 0 fully saturated rings. The van der Waals surface area contributed by atoms with Crippen LogP contribution in [-0.2, 0) is 9.05 Å². The molecule has 0 aliphatic heterocycles. The molecule has 3 rings (SSSR count). The first-order chi connectivity index (χ1) is 11.9. The normalized spacial score (nSPS) is 11.9. The lowest BCUT2D eigenvalue weighted by atomic mass is 10.3. The number of halogens is 1. The van der Waals surface area contributed by atoms with Gasteiger partial charge in [0.25, 0.3) is 14.6 Å². The van der Waals surface area contributed by atoms with Gasteiger partial charge in [-0.05, 0) is 43.3 Å². The Labute approximate surface area is 147 Å². The monoisotopic (exact) mass is 377 g/mol. The fourth-order valence-electron chi connectivity index (χ4n) is 2.11. The van der Waals surface area contributed by atoms with E-state index in [0.29, 0.717) is 17.2 Å². The van der Waals surface area contributed by atoms with Crippen molar-refractivity contribution in [1.82, 2.24) is 14.8 Å². The van der Waals surface area contributed by atoms with Crippen LogP contribution in [0.5, 0.6) is 0 Å². The van der Waals surface area contributed by atoms with Gasteiger partial charge < -0.3 is 0 Å². The van der Waals surface area contributed by atoms with Gasteiger partial charge in [0.05, 0.1) is 16.3 Å². The first kappa shape index (κ1) is 17.1. The Bertz CT molecular complexity index is 1090. The van der Waals surface area contributed by atoms with Crippen LogP contribution in [0.4, 0.5) is 11.5 Å². The summed E-state index contributed by atoms with van der Waals surface area (Å²) in [6, 6.07) is 10.7. The fraction of sp³-hybridized carbons (Fsp3) is 0.0667. The van der Waals surface area contributed by atoms with Crippen molar-refractivity contribution in [3.63, 3.8) is 0 Å². The van der Waals surface area contributed by atoms with Crippen molar-refractivity contribution in [3.05, 3.63) is 64.7 Å². The number of pyridine rings is 1. The molecule has 0 spiro atoms. The smallest absolute Gasteiger partial charge is 0.293 e. The lowest BCUT2D eigenvalue weighted by Crippen LogP contribution is -2.14. The highest BCUT2D eigenvalue weighted by Crippen LogP contribution is 2.19. The zero-order chi connectivity index (χ0) is 18.0. The zero-order valence-corrected chi connectivity index (χ0v) is 14.5. The maximum atomic E-state index is 12.5. The molecule has 3 aromatic rings. The van der Waals surface area contributed by atoms with Gasteiger partial charge in [-0.1, -0.05) is 6.07 Å². The maximum absolute atomic E-state index is 12.5. The van der Waals surface area contributed by atoms with E-state index in [-0.39, 0.29) is 10.6 Å². The van der Waals surface area contributed by atoms with Gasteiger partial charge in [-0.25, -0.2) is 18.1 Å². The molecule has 0 atom stereocenters. The molecule has 128 valence electrons. The summed E-state index contributed by atoms with van der Waals surface area (Å²) in [5.41, 5.74) is 0.675. The molecule has 25 heavy (non-hydrogen) atoms. The third kappa shape index (κ3) is 3.67. The predicted molar refractivity (Wildman–Crippen MR) is 92.6 cm³/mol. The van der Waals surface area contributed by atoms with Crippen molar-refractivity contribution < 1.29 is 8.42 Å². The Morgan fingerprint density at radius 1 is 1.12 bits per heavy atom. The molecular weight excluding hydrogens is 366 g/mol. The second-order valence-corrected chi connectivity index (χ2v) is 7.61. The molecule has 2 heterocycles. The van der Waals surface area contributed by atoms with Gasteiger partial charge in [-0.2, -0.15) is 0 Å². The Morgan fingerprint density at radius 2 is 1.84 bits per heavy atom. The molecule has 2 aromatic heterocycles. The highest BCUT2D eigenvalue weighted by atomic mass is 35.7. The van der Waals surface area contributed by atoms with Crippen LogP contribution in [0.3, 0.4) is 0 Å². The number of rotatable bonds is 4. The zero-order valence-electron chi connectivity index (χ0n) is 12.9. The number of nitrogens with zero attached hydrogens (tertiary/aromatic N) is 4. The second kappa shape index (κ2) is 6.61. The van der Waals surface area contributed by atoms with Gasteiger partial charge in [0.1, 0.15) is 0 Å². The van der Waals surface area contributed by atoms with Crippen LogP contribution in [0.25, 0.3) is 5.69 Å². The van der Waals surface area contributed by atoms with E-state index in [0.717, 1.165) is 0 Å². The summed E-state index contributed by atoms with van der Waals surface area (Å²) >= 11 is 0. The van der Waals surface area contributed by atoms with E-state index >= 15 is 0 Å². The van der Waals surface area contributed by atoms with Gasteiger partial charge in [0, 0.05) is 16.9 Å². The summed E-state index contributed by atoms with van der Waals surface area (Å²) in [7, 11) is 1.46. The Hall–Kier alpha value is -2.78. The molecule has 10 heteroatoms. The molecule has 1 N–H and O–H groups in total. The standard InChI is InChI=1S/C15H12ClN5O3S/c1-10-14(19-18-13-4-2-3-9-17-13)15(22)21(20-10)11-5-7-12(8-6-11)25(16,23)24/h2-9,20H,1H3. The number of hydrogen-bond acceptors (Lipinski definition) is 6. The van der Waals surface area contributed by atoms with Crippen molar-refractivity contribution in [1.29, 1.82) is 0 Å². The number of aryl methyl sites for hydroxylation is 1. The van der Waals surface area contributed by atoms with E-state index in [1.807, 2.05) is 0 Å². The lowest BCUT2D eigenvalue weighted by Gasteiger charge is -2.02. The first-order valence-electron chi connectivity index (χ1n) is 7.06. The number of hydrogen-bond donors (Lipinski definition) is 1. The Morgan fingerprint density at radius 3 is 2.44 bits per heavy atom. The van der Waals surface area contributed by atoms with E-state index in [9.17, 15) is 13.2 Å². The summed E-state index contributed by atoms with van der Waals surface area (Å²) in [4.78, 5) is 16.5. The number of benzene rings is 1. The minimum Gasteiger partial charge on any atom is -0.293 e. The quantitative estimate of drug-likeness (QED) is 0.556. The van der Waals surface area contributed by atoms with Gasteiger partial charge >= 0.3 is 0 Å². The Kier molecular flexibility index (Phi) is 4.51. The first-order valence-corrected chi connectivity index (χ1v) is 9.37. The van der Waals surface area contributed by atoms with Crippen LogP contribution in [0, 0.1) is 6.92 Å². The molecule has 8 nitrogen and oxygen atoms in total. The number of nitrogens with one attached hydrogen (secondary N) is 1. The highest BCUT2D eigenvalue weighted by Gasteiger charge is 2.14.